The van der Waals surface area contributed by atoms with Crippen LogP contribution in [-0.2, 0) is 17.5 Å². The van der Waals surface area contributed by atoms with Crippen LogP contribution in [0.1, 0.15) is 18.4 Å². The van der Waals surface area contributed by atoms with E-state index in [1.807, 2.05) is 6.92 Å². The maximum absolute atomic E-state index is 12.5. The highest BCUT2D eigenvalue weighted by molar-refractivity contribution is 5.74. The van der Waals surface area contributed by atoms with Crippen molar-refractivity contribution < 1.29 is 27.2 Å². The van der Waals surface area contributed by atoms with Gasteiger partial charge in [0.05, 0.1) is 6.61 Å². The first-order chi connectivity index (χ1) is 12.3. The van der Waals surface area contributed by atoms with Gasteiger partial charge in [0.15, 0.2) is 0 Å². The van der Waals surface area contributed by atoms with Crippen LogP contribution in [-0.4, -0.2) is 47.9 Å². The molecule has 1 aromatic carbocycles. The minimum atomic E-state index is -4.68. The third-order valence-corrected chi connectivity index (χ3v) is 3.51. The van der Waals surface area contributed by atoms with Crippen molar-refractivity contribution in [2.45, 2.75) is 19.6 Å². The molecule has 0 fully saturated rings. The molecule has 0 atom stereocenters. The van der Waals surface area contributed by atoms with E-state index < -0.39 is 12.1 Å². The smallest absolute Gasteiger partial charge is 0.383 e. The highest BCUT2D eigenvalue weighted by Crippen LogP contribution is 2.29. The average Bonchev–Trinajstić information content (AvgIpc) is 3.11. The first-order valence-electron chi connectivity index (χ1n) is 7.87. The summed E-state index contributed by atoms with van der Waals surface area (Å²) in [7, 11) is 1.55. The lowest BCUT2D eigenvalue weighted by molar-refractivity contribution is -0.159. The minimum absolute atomic E-state index is 0.145. The predicted octanol–water partition coefficient (Wildman–Crippen LogP) is 2.93. The van der Waals surface area contributed by atoms with Crippen LogP contribution in [0.4, 0.5) is 18.0 Å². The lowest BCUT2D eigenvalue weighted by Crippen LogP contribution is -2.40. The monoisotopic (exact) mass is 372 g/mol. The number of nitrogens with zero attached hydrogens (tertiary/aromatic N) is 3. The number of halogens is 3. The molecule has 1 N–H and O–H groups in total. The Morgan fingerprint density at radius 1 is 1.31 bits per heavy atom. The number of carbonyl (C=O) groups excluding carboxylic acids is 1. The highest BCUT2D eigenvalue weighted by atomic mass is 19.4. The van der Waals surface area contributed by atoms with Gasteiger partial charge in [-0.2, -0.15) is 18.2 Å². The van der Waals surface area contributed by atoms with E-state index in [0.717, 1.165) is 5.56 Å². The number of benzene rings is 1. The molecule has 0 aliphatic rings. The molecule has 10 heteroatoms. The molecule has 142 valence electrons. The molecular weight excluding hydrogens is 353 g/mol. The van der Waals surface area contributed by atoms with Crippen molar-refractivity contribution in [3.05, 3.63) is 35.7 Å². The molecular formula is C16H19F3N4O3. The fraction of sp³-hybridized carbons (Fsp3) is 0.438. The van der Waals surface area contributed by atoms with Crippen molar-refractivity contribution in [2.75, 3.05) is 26.8 Å². The summed E-state index contributed by atoms with van der Waals surface area (Å²) in [4.78, 5) is 17.0. The second-order valence-electron chi connectivity index (χ2n) is 5.36. The summed E-state index contributed by atoms with van der Waals surface area (Å²) in [6.07, 6.45) is -4.68. The van der Waals surface area contributed by atoms with Crippen LogP contribution >= 0.6 is 0 Å². The lowest BCUT2D eigenvalue weighted by atomic mass is 10.1. The molecule has 0 radical (unpaired) electrons. The van der Waals surface area contributed by atoms with Gasteiger partial charge in [-0.3, -0.25) is 0 Å². The fourth-order valence-corrected chi connectivity index (χ4v) is 2.13. The second-order valence-corrected chi connectivity index (χ2v) is 5.36. The zero-order valence-corrected chi connectivity index (χ0v) is 14.3. The number of nitrogens with one attached hydrogen (secondary N) is 1. The van der Waals surface area contributed by atoms with Gasteiger partial charge in [0.1, 0.15) is 0 Å². The van der Waals surface area contributed by atoms with E-state index in [1.54, 1.807) is 36.3 Å². The van der Waals surface area contributed by atoms with Gasteiger partial charge in [-0.15, -0.1) is 0 Å². The number of alkyl halides is 3. The van der Waals surface area contributed by atoms with Gasteiger partial charge < -0.3 is 19.5 Å². The van der Waals surface area contributed by atoms with E-state index in [1.165, 1.54) is 0 Å². The van der Waals surface area contributed by atoms with Crippen LogP contribution in [0, 0.1) is 0 Å². The van der Waals surface area contributed by atoms with Gasteiger partial charge in [0.25, 0.3) is 0 Å². The number of aromatic nitrogens is 2. The molecule has 0 aliphatic carbocycles. The number of carbonyl (C=O) groups is 1. The third kappa shape index (κ3) is 5.19. The molecule has 26 heavy (non-hydrogen) atoms. The van der Waals surface area contributed by atoms with Gasteiger partial charge >= 0.3 is 18.1 Å². The predicted molar refractivity (Wildman–Crippen MR) is 86.1 cm³/mol. The molecule has 0 saturated carbocycles. The Kier molecular flexibility index (Phi) is 6.56. The number of ether oxygens (including phenoxy) is 1. The van der Waals surface area contributed by atoms with Gasteiger partial charge in [0.2, 0.25) is 5.82 Å². The largest absolute Gasteiger partial charge is 0.471 e. The van der Waals surface area contributed by atoms with E-state index in [4.69, 9.17) is 4.74 Å². The Labute approximate surface area is 148 Å². The number of amides is 2. The first-order valence-corrected chi connectivity index (χ1v) is 7.87. The van der Waals surface area contributed by atoms with Crippen molar-refractivity contribution in [3.8, 4) is 11.4 Å². The number of hydrogen-bond donors (Lipinski definition) is 1. The van der Waals surface area contributed by atoms with Crippen molar-refractivity contribution in [3.63, 3.8) is 0 Å². The third-order valence-electron chi connectivity index (χ3n) is 3.51. The van der Waals surface area contributed by atoms with Crippen molar-refractivity contribution in [2.24, 2.45) is 0 Å². The van der Waals surface area contributed by atoms with Crippen LogP contribution in [0.5, 0.6) is 0 Å². The molecule has 2 rings (SSSR count). The Balaban J connectivity index is 2.02. The minimum Gasteiger partial charge on any atom is -0.383 e. The quantitative estimate of drug-likeness (QED) is 0.756. The molecule has 2 aromatic rings. The topological polar surface area (TPSA) is 80.5 Å². The average molecular weight is 372 g/mol. The standard InChI is InChI=1S/C16H19F3N4O3/c1-3-23(15(24)20-8-9-25-2)10-11-4-6-12(7-5-11)13-21-14(26-22-13)16(17,18)19/h4-7H,3,8-10H2,1-2H3,(H,20,24). The Morgan fingerprint density at radius 2 is 2.00 bits per heavy atom. The molecule has 0 aliphatic heterocycles. The fourth-order valence-electron chi connectivity index (χ4n) is 2.13. The number of hydrogen-bond acceptors (Lipinski definition) is 5. The van der Waals surface area contributed by atoms with Crippen molar-refractivity contribution >= 4 is 6.03 Å². The van der Waals surface area contributed by atoms with Crippen LogP contribution < -0.4 is 5.32 Å². The second kappa shape index (κ2) is 8.65. The molecule has 0 spiro atoms. The summed E-state index contributed by atoms with van der Waals surface area (Å²) in [5, 5.41) is 6.07. The first kappa shape index (κ1) is 19.7. The summed E-state index contributed by atoms with van der Waals surface area (Å²) < 4.78 is 46.6. The zero-order valence-electron chi connectivity index (χ0n) is 14.3. The zero-order chi connectivity index (χ0) is 19.2. The van der Waals surface area contributed by atoms with E-state index in [-0.39, 0.29) is 11.9 Å². The van der Waals surface area contributed by atoms with Gasteiger partial charge in [-0.05, 0) is 12.5 Å². The molecule has 0 unspecified atom stereocenters. The van der Waals surface area contributed by atoms with E-state index in [9.17, 15) is 18.0 Å². The molecule has 7 nitrogen and oxygen atoms in total. The lowest BCUT2D eigenvalue weighted by Gasteiger charge is -2.21. The molecule has 0 saturated heterocycles. The van der Waals surface area contributed by atoms with Crippen LogP contribution in [0.15, 0.2) is 28.8 Å². The Hall–Kier alpha value is -2.62. The number of rotatable bonds is 7. The van der Waals surface area contributed by atoms with Crippen molar-refractivity contribution in [1.82, 2.24) is 20.4 Å². The number of urea groups is 1. The highest BCUT2D eigenvalue weighted by Gasteiger charge is 2.38. The summed E-state index contributed by atoms with van der Waals surface area (Å²) in [6.45, 7) is 3.53. The molecule has 1 heterocycles. The Morgan fingerprint density at radius 3 is 2.54 bits per heavy atom. The van der Waals surface area contributed by atoms with Crippen LogP contribution in [0.25, 0.3) is 11.4 Å². The van der Waals surface area contributed by atoms with Crippen LogP contribution in [0.3, 0.4) is 0 Å². The summed E-state index contributed by atoms with van der Waals surface area (Å²) in [6, 6.07) is 6.34. The molecule has 0 bridgehead atoms. The normalized spacial score (nSPS) is 11.4. The van der Waals surface area contributed by atoms with Gasteiger partial charge in [-0.25, -0.2) is 4.79 Å². The summed E-state index contributed by atoms with van der Waals surface area (Å²) in [5.74, 6) is -1.53. The van der Waals surface area contributed by atoms with E-state index >= 15 is 0 Å². The van der Waals surface area contributed by atoms with Gasteiger partial charge in [-0.1, -0.05) is 29.4 Å². The van der Waals surface area contributed by atoms with Crippen molar-refractivity contribution in [1.29, 1.82) is 0 Å². The summed E-state index contributed by atoms with van der Waals surface area (Å²) in [5.41, 5.74) is 1.21. The van der Waals surface area contributed by atoms with Gasteiger partial charge in [0, 0.05) is 32.3 Å². The Bertz CT molecular complexity index is 716. The van der Waals surface area contributed by atoms with E-state index in [2.05, 4.69) is 20.0 Å². The summed E-state index contributed by atoms with van der Waals surface area (Å²) >= 11 is 0. The molecule has 2 amide bonds. The van der Waals surface area contributed by atoms with E-state index in [0.29, 0.717) is 31.8 Å². The SMILES string of the molecule is CCN(Cc1ccc(-c2noc(C(F)(F)F)n2)cc1)C(=O)NCCOC. The number of methoxy groups -OCH3 is 1. The maximum Gasteiger partial charge on any atom is 0.471 e. The maximum atomic E-state index is 12.5. The van der Waals surface area contributed by atoms with Crippen LogP contribution in [0.2, 0.25) is 0 Å². The molecule has 1 aromatic heterocycles.